The first-order chi connectivity index (χ1) is 15.1. The molecule has 1 heterocycles. The van der Waals surface area contributed by atoms with Gasteiger partial charge in [-0.2, -0.15) is 0 Å². The highest BCUT2D eigenvalue weighted by atomic mass is 35.5. The maximum atomic E-state index is 13.2. The minimum Gasteiger partial charge on any atom is -0.497 e. The summed E-state index contributed by atoms with van der Waals surface area (Å²) < 4.78 is 30.9. The van der Waals surface area contributed by atoms with E-state index in [1.54, 1.807) is 50.1 Å². The second-order valence-electron chi connectivity index (χ2n) is 8.09. The third-order valence-corrected chi connectivity index (χ3v) is 8.33. The highest BCUT2D eigenvalue weighted by Gasteiger charge is 2.22. The second kappa shape index (κ2) is 11.3. The first-order valence-electron chi connectivity index (χ1n) is 10.3. The second-order valence-corrected chi connectivity index (χ2v) is 11.6. The molecule has 1 aromatic heterocycles. The summed E-state index contributed by atoms with van der Waals surface area (Å²) in [4.78, 5) is 21.9. The molecule has 3 rings (SSSR count). The van der Waals surface area contributed by atoms with Crippen LogP contribution in [0.4, 0.5) is 5.13 Å². The Bertz CT molecular complexity index is 1190. The van der Waals surface area contributed by atoms with E-state index < -0.39 is 15.1 Å². The van der Waals surface area contributed by atoms with Crippen molar-refractivity contribution in [1.29, 1.82) is 0 Å². The van der Waals surface area contributed by atoms with Crippen molar-refractivity contribution in [2.24, 2.45) is 0 Å². The van der Waals surface area contributed by atoms with Gasteiger partial charge < -0.3 is 9.64 Å². The Morgan fingerprint density at radius 3 is 2.33 bits per heavy atom. The number of aromatic nitrogens is 1. The number of rotatable bonds is 9. The van der Waals surface area contributed by atoms with E-state index in [0.717, 1.165) is 21.5 Å². The van der Waals surface area contributed by atoms with Gasteiger partial charge in [-0.3, -0.25) is 9.69 Å². The molecule has 0 aliphatic heterocycles. The number of carbonyl (C=O) groups excluding carboxylic acids is 1. The molecule has 7 nitrogen and oxygen atoms in total. The van der Waals surface area contributed by atoms with Gasteiger partial charge in [0.05, 0.1) is 33.9 Å². The standard InChI is InChI=1S/C23H29N3O4S2.ClH/c1-16(2)32(28,29)19-9-6-17(7-10-19)14-22(27)26(13-12-25(3)4)23-24-20-11-8-18(30-5)15-21(20)31-23;/h6-11,15-16H,12-14H2,1-5H3;1H. The largest absolute Gasteiger partial charge is 0.497 e. The summed E-state index contributed by atoms with van der Waals surface area (Å²) in [6.45, 7) is 4.51. The van der Waals surface area contributed by atoms with Gasteiger partial charge in [-0.15, -0.1) is 12.4 Å². The predicted molar refractivity (Wildman–Crippen MR) is 137 cm³/mol. The molecule has 0 aliphatic carbocycles. The van der Waals surface area contributed by atoms with E-state index in [1.807, 2.05) is 37.2 Å². The maximum Gasteiger partial charge on any atom is 0.233 e. The number of ether oxygens (including phenoxy) is 1. The quantitative estimate of drug-likeness (QED) is 0.431. The van der Waals surface area contributed by atoms with E-state index in [9.17, 15) is 13.2 Å². The molecule has 2 aromatic carbocycles. The Labute approximate surface area is 205 Å². The molecule has 0 saturated heterocycles. The van der Waals surface area contributed by atoms with Crippen LogP contribution in [0.15, 0.2) is 47.4 Å². The number of sulfone groups is 1. The van der Waals surface area contributed by atoms with Crippen molar-refractivity contribution in [2.75, 3.05) is 39.2 Å². The average Bonchev–Trinajstić information content (AvgIpc) is 3.16. The molecule has 0 unspecified atom stereocenters. The van der Waals surface area contributed by atoms with Crippen molar-refractivity contribution < 1.29 is 17.9 Å². The number of hydrogen-bond donors (Lipinski definition) is 0. The van der Waals surface area contributed by atoms with Crippen LogP contribution in [0.2, 0.25) is 0 Å². The van der Waals surface area contributed by atoms with E-state index >= 15 is 0 Å². The fourth-order valence-corrected chi connectivity index (χ4v) is 5.20. The van der Waals surface area contributed by atoms with Crippen LogP contribution in [0, 0.1) is 0 Å². The summed E-state index contributed by atoms with van der Waals surface area (Å²) in [5, 5.41) is 0.147. The molecule has 0 bridgehead atoms. The fraction of sp³-hybridized carbons (Fsp3) is 0.391. The first kappa shape index (κ1) is 27.0. The highest BCUT2D eigenvalue weighted by Crippen LogP contribution is 2.32. The molecular weight excluding hydrogens is 482 g/mol. The van der Waals surface area contributed by atoms with Crippen molar-refractivity contribution in [3.63, 3.8) is 0 Å². The van der Waals surface area contributed by atoms with Gasteiger partial charge in [-0.25, -0.2) is 13.4 Å². The number of benzene rings is 2. The number of halogens is 1. The van der Waals surface area contributed by atoms with E-state index in [2.05, 4.69) is 4.98 Å². The predicted octanol–water partition coefficient (Wildman–Crippen LogP) is 4.05. The molecule has 0 saturated carbocycles. The van der Waals surface area contributed by atoms with Gasteiger partial charge in [0.15, 0.2) is 15.0 Å². The van der Waals surface area contributed by atoms with Gasteiger partial charge in [0, 0.05) is 13.1 Å². The lowest BCUT2D eigenvalue weighted by atomic mass is 10.1. The summed E-state index contributed by atoms with van der Waals surface area (Å²) in [7, 11) is 2.20. The lowest BCUT2D eigenvalue weighted by Gasteiger charge is -2.22. The van der Waals surface area contributed by atoms with Crippen molar-refractivity contribution in [1.82, 2.24) is 9.88 Å². The van der Waals surface area contributed by atoms with Crippen LogP contribution >= 0.6 is 23.7 Å². The van der Waals surface area contributed by atoms with E-state index in [4.69, 9.17) is 4.74 Å². The number of carbonyl (C=O) groups is 1. The summed E-state index contributed by atoms with van der Waals surface area (Å²) in [6, 6.07) is 12.2. The molecule has 1 amide bonds. The molecular formula is C23H30ClN3O4S2. The van der Waals surface area contributed by atoms with Crippen LogP contribution in [-0.4, -0.2) is 63.8 Å². The Balaban J connectivity index is 0.00000385. The van der Waals surface area contributed by atoms with Gasteiger partial charge in [-0.05, 0) is 63.8 Å². The first-order valence-corrected chi connectivity index (χ1v) is 12.7. The lowest BCUT2D eigenvalue weighted by Crippen LogP contribution is -2.37. The number of thiazole rings is 1. The zero-order chi connectivity index (χ0) is 23.5. The third kappa shape index (κ3) is 6.44. The average molecular weight is 512 g/mol. The fourth-order valence-electron chi connectivity index (χ4n) is 3.10. The summed E-state index contributed by atoms with van der Waals surface area (Å²) in [6.07, 6.45) is 0.161. The molecule has 0 spiro atoms. The topological polar surface area (TPSA) is 79.8 Å². The molecule has 0 fully saturated rings. The Morgan fingerprint density at radius 1 is 1.09 bits per heavy atom. The summed E-state index contributed by atoms with van der Waals surface area (Å²) >= 11 is 1.45. The number of amides is 1. The normalized spacial score (nSPS) is 11.6. The number of hydrogen-bond acceptors (Lipinski definition) is 7. The lowest BCUT2D eigenvalue weighted by molar-refractivity contribution is -0.118. The number of likely N-dealkylation sites (N-methyl/N-ethyl adjacent to an activating group) is 1. The summed E-state index contributed by atoms with van der Waals surface area (Å²) in [5.74, 6) is 0.660. The minimum absolute atomic E-state index is 0. The SMILES string of the molecule is COc1ccc2nc(N(CCN(C)C)C(=O)Cc3ccc(S(=O)(=O)C(C)C)cc3)sc2c1.Cl. The van der Waals surface area contributed by atoms with E-state index in [1.165, 1.54) is 11.3 Å². The zero-order valence-corrected chi connectivity index (χ0v) is 21.9. The molecule has 3 aromatic rings. The molecule has 0 radical (unpaired) electrons. The third-order valence-electron chi connectivity index (χ3n) is 5.11. The number of nitrogens with zero attached hydrogens (tertiary/aromatic N) is 3. The molecule has 10 heteroatoms. The molecule has 0 atom stereocenters. The van der Waals surface area contributed by atoms with Gasteiger partial charge in [0.1, 0.15) is 5.75 Å². The smallest absolute Gasteiger partial charge is 0.233 e. The van der Waals surface area contributed by atoms with Crippen molar-refractivity contribution >= 4 is 54.8 Å². The maximum absolute atomic E-state index is 13.2. The van der Waals surface area contributed by atoms with Crippen LogP contribution in [0.3, 0.4) is 0 Å². The van der Waals surface area contributed by atoms with Crippen LogP contribution < -0.4 is 9.64 Å². The molecule has 0 N–H and O–H groups in total. The number of methoxy groups -OCH3 is 1. The molecule has 33 heavy (non-hydrogen) atoms. The number of fused-ring (bicyclic) bond motifs is 1. The van der Waals surface area contributed by atoms with Crippen LogP contribution in [0.5, 0.6) is 5.75 Å². The van der Waals surface area contributed by atoms with Crippen LogP contribution in [-0.2, 0) is 21.1 Å². The van der Waals surface area contributed by atoms with Crippen molar-refractivity contribution in [2.45, 2.75) is 30.4 Å². The number of anilines is 1. The zero-order valence-electron chi connectivity index (χ0n) is 19.4. The van der Waals surface area contributed by atoms with E-state index in [0.29, 0.717) is 18.2 Å². The Kier molecular flexibility index (Phi) is 9.25. The van der Waals surface area contributed by atoms with E-state index in [-0.39, 0.29) is 29.6 Å². The van der Waals surface area contributed by atoms with Gasteiger partial charge in [0.25, 0.3) is 0 Å². The van der Waals surface area contributed by atoms with Gasteiger partial charge in [0.2, 0.25) is 5.91 Å². The highest BCUT2D eigenvalue weighted by molar-refractivity contribution is 7.92. The Hall–Kier alpha value is -2.20. The minimum atomic E-state index is -3.34. The van der Waals surface area contributed by atoms with Gasteiger partial charge >= 0.3 is 0 Å². The van der Waals surface area contributed by atoms with Crippen LogP contribution in [0.1, 0.15) is 19.4 Å². The molecule has 0 aliphatic rings. The molecule has 180 valence electrons. The van der Waals surface area contributed by atoms with Gasteiger partial charge in [-0.1, -0.05) is 23.5 Å². The van der Waals surface area contributed by atoms with Crippen molar-refractivity contribution in [3.05, 3.63) is 48.0 Å². The monoisotopic (exact) mass is 511 g/mol. The van der Waals surface area contributed by atoms with Crippen molar-refractivity contribution in [3.8, 4) is 5.75 Å². The van der Waals surface area contributed by atoms with Crippen LogP contribution in [0.25, 0.3) is 10.2 Å². The summed E-state index contributed by atoms with van der Waals surface area (Å²) in [5.41, 5.74) is 1.58. The Morgan fingerprint density at radius 2 is 1.76 bits per heavy atom.